The van der Waals surface area contributed by atoms with Crippen LogP contribution in [0.3, 0.4) is 0 Å². The average Bonchev–Trinajstić information content (AvgIpc) is 2.26. The van der Waals surface area contributed by atoms with Crippen molar-refractivity contribution in [2.75, 3.05) is 0 Å². The second-order valence-electron chi connectivity index (χ2n) is 5.08. The maximum Gasteiger partial charge on any atom is 0.0611 e. The molecular formula is C11H23NO. The molecule has 5 atom stereocenters. The zero-order chi connectivity index (χ0) is 10.2. The van der Waals surface area contributed by atoms with Gasteiger partial charge in [0.1, 0.15) is 0 Å². The van der Waals surface area contributed by atoms with Crippen molar-refractivity contribution < 1.29 is 5.11 Å². The predicted molar refractivity (Wildman–Crippen MR) is 55.3 cm³/mol. The Labute approximate surface area is 81.5 Å². The molecule has 13 heavy (non-hydrogen) atoms. The van der Waals surface area contributed by atoms with Gasteiger partial charge >= 0.3 is 0 Å². The number of hydrogen-bond acceptors (Lipinski definition) is 2. The Bertz CT molecular complexity index is 169. The van der Waals surface area contributed by atoms with Crippen LogP contribution in [0.4, 0.5) is 0 Å². The highest BCUT2D eigenvalue weighted by Crippen LogP contribution is 2.39. The van der Waals surface area contributed by atoms with Gasteiger partial charge in [-0.05, 0) is 24.2 Å². The maximum atomic E-state index is 9.97. The van der Waals surface area contributed by atoms with E-state index in [1.54, 1.807) is 0 Å². The van der Waals surface area contributed by atoms with Crippen LogP contribution in [0.15, 0.2) is 0 Å². The summed E-state index contributed by atoms with van der Waals surface area (Å²) < 4.78 is 0. The van der Waals surface area contributed by atoms with Crippen molar-refractivity contribution in [3.05, 3.63) is 0 Å². The summed E-state index contributed by atoms with van der Waals surface area (Å²) in [5.41, 5.74) is 6.10. The lowest BCUT2D eigenvalue weighted by atomic mass is 9.83. The van der Waals surface area contributed by atoms with Gasteiger partial charge in [0.05, 0.1) is 6.10 Å². The van der Waals surface area contributed by atoms with Crippen molar-refractivity contribution in [3.8, 4) is 0 Å². The third kappa shape index (κ3) is 2.05. The molecule has 5 unspecified atom stereocenters. The van der Waals surface area contributed by atoms with E-state index in [0.717, 1.165) is 6.42 Å². The van der Waals surface area contributed by atoms with Crippen molar-refractivity contribution in [2.45, 2.75) is 46.3 Å². The van der Waals surface area contributed by atoms with Gasteiger partial charge in [0.2, 0.25) is 0 Å². The molecule has 78 valence electrons. The normalized spacial score (nSPS) is 42.7. The molecule has 2 heteroatoms. The highest BCUT2D eigenvalue weighted by Gasteiger charge is 2.41. The van der Waals surface area contributed by atoms with Gasteiger partial charge in [0.25, 0.3) is 0 Å². The topological polar surface area (TPSA) is 46.2 Å². The van der Waals surface area contributed by atoms with Crippen LogP contribution in [-0.2, 0) is 0 Å². The second kappa shape index (κ2) is 3.97. The van der Waals surface area contributed by atoms with Crippen LogP contribution in [0.25, 0.3) is 0 Å². The molecule has 0 heterocycles. The molecule has 1 fully saturated rings. The summed E-state index contributed by atoms with van der Waals surface area (Å²) >= 11 is 0. The van der Waals surface area contributed by atoms with Crippen LogP contribution < -0.4 is 5.73 Å². The van der Waals surface area contributed by atoms with Gasteiger partial charge in [0.15, 0.2) is 0 Å². The van der Waals surface area contributed by atoms with Crippen LogP contribution in [0.1, 0.15) is 34.1 Å². The second-order valence-corrected chi connectivity index (χ2v) is 5.08. The zero-order valence-electron chi connectivity index (χ0n) is 9.20. The van der Waals surface area contributed by atoms with E-state index < -0.39 is 0 Å². The monoisotopic (exact) mass is 185 g/mol. The first-order valence-electron chi connectivity index (χ1n) is 5.38. The molecule has 0 spiro atoms. The van der Waals surface area contributed by atoms with Gasteiger partial charge in [-0.2, -0.15) is 0 Å². The van der Waals surface area contributed by atoms with E-state index in [1.165, 1.54) is 0 Å². The molecular weight excluding hydrogens is 162 g/mol. The Morgan fingerprint density at radius 3 is 2.08 bits per heavy atom. The number of aliphatic hydroxyl groups excluding tert-OH is 1. The number of aliphatic hydroxyl groups is 1. The van der Waals surface area contributed by atoms with Gasteiger partial charge in [-0.25, -0.2) is 0 Å². The smallest absolute Gasteiger partial charge is 0.0611 e. The fourth-order valence-corrected chi connectivity index (χ4v) is 2.65. The van der Waals surface area contributed by atoms with Crippen molar-refractivity contribution >= 4 is 0 Å². The van der Waals surface area contributed by atoms with Gasteiger partial charge in [-0.1, -0.05) is 27.7 Å². The Kier molecular flexibility index (Phi) is 3.36. The van der Waals surface area contributed by atoms with E-state index in [1.807, 2.05) is 0 Å². The Morgan fingerprint density at radius 1 is 1.23 bits per heavy atom. The fourth-order valence-electron chi connectivity index (χ4n) is 2.65. The summed E-state index contributed by atoms with van der Waals surface area (Å²) in [4.78, 5) is 0. The zero-order valence-corrected chi connectivity index (χ0v) is 9.20. The van der Waals surface area contributed by atoms with E-state index in [9.17, 15) is 5.11 Å². The van der Waals surface area contributed by atoms with E-state index in [4.69, 9.17) is 5.73 Å². The molecule has 0 radical (unpaired) electrons. The molecule has 3 N–H and O–H groups in total. The lowest BCUT2D eigenvalue weighted by molar-refractivity contribution is 0.0682. The third-order valence-corrected chi connectivity index (χ3v) is 3.59. The van der Waals surface area contributed by atoms with Crippen LogP contribution >= 0.6 is 0 Å². The van der Waals surface area contributed by atoms with Crippen LogP contribution in [0, 0.1) is 23.7 Å². The summed E-state index contributed by atoms with van der Waals surface area (Å²) in [6, 6.07) is 0.148. The van der Waals surface area contributed by atoms with Gasteiger partial charge in [-0.15, -0.1) is 0 Å². The maximum absolute atomic E-state index is 9.97. The first kappa shape index (κ1) is 11.0. The standard InChI is InChI=1S/C11H23NO/c1-6(2)10(12)9-7(3)5-8(4)11(9)13/h6-11,13H,5,12H2,1-4H3. The average molecular weight is 185 g/mol. The van der Waals surface area contributed by atoms with Crippen molar-refractivity contribution in [2.24, 2.45) is 29.4 Å². The molecule has 1 saturated carbocycles. The predicted octanol–water partition coefficient (Wildman–Crippen LogP) is 1.62. The third-order valence-electron chi connectivity index (χ3n) is 3.59. The minimum absolute atomic E-state index is 0.148. The number of nitrogens with two attached hydrogens (primary N) is 1. The molecule has 0 aromatic carbocycles. The molecule has 1 aliphatic rings. The molecule has 0 aromatic heterocycles. The molecule has 1 rings (SSSR count). The quantitative estimate of drug-likeness (QED) is 0.686. The first-order chi connectivity index (χ1) is 5.95. The lowest BCUT2D eigenvalue weighted by Crippen LogP contribution is -2.42. The largest absolute Gasteiger partial charge is 0.392 e. The van der Waals surface area contributed by atoms with Crippen molar-refractivity contribution in [1.82, 2.24) is 0 Å². The Balaban J connectivity index is 2.68. The Hall–Kier alpha value is -0.0800. The first-order valence-corrected chi connectivity index (χ1v) is 5.38. The van der Waals surface area contributed by atoms with Crippen LogP contribution in [-0.4, -0.2) is 17.3 Å². The van der Waals surface area contributed by atoms with Crippen molar-refractivity contribution in [3.63, 3.8) is 0 Å². The molecule has 0 saturated heterocycles. The SMILES string of the molecule is CC(C)C(N)C1C(C)CC(C)C1O. The minimum atomic E-state index is -0.188. The highest BCUT2D eigenvalue weighted by atomic mass is 16.3. The number of rotatable bonds is 2. The van der Waals surface area contributed by atoms with Crippen LogP contribution in [0.2, 0.25) is 0 Å². The molecule has 0 aliphatic heterocycles. The minimum Gasteiger partial charge on any atom is -0.392 e. The summed E-state index contributed by atoms with van der Waals surface area (Å²) in [7, 11) is 0. The van der Waals surface area contributed by atoms with Gasteiger partial charge < -0.3 is 10.8 Å². The highest BCUT2D eigenvalue weighted by molar-refractivity contribution is 4.93. The van der Waals surface area contributed by atoms with Gasteiger partial charge in [-0.3, -0.25) is 0 Å². The fraction of sp³-hybridized carbons (Fsp3) is 1.00. The Morgan fingerprint density at radius 2 is 1.77 bits per heavy atom. The lowest BCUT2D eigenvalue weighted by Gasteiger charge is -2.29. The summed E-state index contributed by atoms with van der Waals surface area (Å²) in [5, 5.41) is 9.97. The molecule has 0 bridgehead atoms. The summed E-state index contributed by atoms with van der Waals surface area (Å²) in [6.45, 7) is 8.59. The van der Waals surface area contributed by atoms with E-state index in [2.05, 4.69) is 27.7 Å². The molecule has 2 nitrogen and oxygen atoms in total. The van der Waals surface area contributed by atoms with Crippen LogP contribution in [0.5, 0.6) is 0 Å². The summed E-state index contributed by atoms with van der Waals surface area (Å²) in [6.07, 6.45) is 0.930. The summed E-state index contributed by atoms with van der Waals surface area (Å²) in [5.74, 6) is 1.76. The van der Waals surface area contributed by atoms with E-state index in [-0.39, 0.29) is 12.1 Å². The molecule has 0 amide bonds. The molecule has 0 aromatic rings. The molecule has 1 aliphatic carbocycles. The number of hydrogen-bond donors (Lipinski definition) is 2. The van der Waals surface area contributed by atoms with E-state index in [0.29, 0.717) is 23.7 Å². The van der Waals surface area contributed by atoms with Crippen molar-refractivity contribution in [1.29, 1.82) is 0 Å². The van der Waals surface area contributed by atoms with E-state index >= 15 is 0 Å². The van der Waals surface area contributed by atoms with Gasteiger partial charge in [0, 0.05) is 12.0 Å².